The molecule has 34 heavy (non-hydrogen) atoms. The van der Waals surface area contributed by atoms with Crippen LogP contribution in [0.15, 0.2) is 54.7 Å². The van der Waals surface area contributed by atoms with E-state index < -0.39 is 18.5 Å². The van der Waals surface area contributed by atoms with Crippen molar-refractivity contribution in [3.05, 3.63) is 76.4 Å². The first-order valence-electron chi connectivity index (χ1n) is 10.1. The minimum Gasteiger partial charge on any atom is -0.479 e. The highest BCUT2D eigenvalue weighted by Crippen LogP contribution is 2.29. The molecule has 0 fully saturated rings. The number of carboxylic acids is 1. The number of halogens is 1. The maximum Gasteiger partial charge on any atom is 0.341 e. The zero-order valence-corrected chi connectivity index (χ0v) is 18.9. The highest BCUT2D eigenvalue weighted by Gasteiger charge is 2.16. The molecule has 1 amide bonds. The van der Waals surface area contributed by atoms with Crippen molar-refractivity contribution < 1.29 is 19.4 Å². The summed E-state index contributed by atoms with van der Waals surface area (Å²) in [6.07, 6.45) is 1.57. The first-order chi connectivity index (χ1) is 16.3. The number of amides is 1. The Morgan fingerprint density at radius 1 is 1.18 bits per heavy atom. The molecule has 0 aliphatic rings. The number of nitrogens with zero attached hydrogens (tertiary/aromatic N) is 1. The molecule has 0 saturated heterocycles. The number of pyridine rings is 1. The summed E-state index contributed by atoms with van der Waals surface area (Å²) in [5.74, 6) is -0.885. The highest BCUT2D eigenvalue weighted by atomic mass is 35.5. The van der Waals surface area contributed by atoms with Gasteiger partial charge in [0, 0.05) is 47.3 Å². The third-order valence-electron chi connectivity index (χ3n) is 4.71. The molecule has 0 aliphatic heterocycles. The van der Waals surface area contributed by atoms with Gasteiger partial charge in [0.15, 0.2) is 18.2 Å². The number of amidine groups is 1. The zero-order valence-electron chi connectivity index (χ0n) is 18.2. The predicted molar refractivity (Wildman–Crippen MR) is 131 cm³/mol. The molecule has 2 aromatic carbocycles. The summed E-state index contributed by atoms with van der Waals surface area (Å²) in [7, 11) is 1.65. The van der Waals surface area contributed by atoms with E-state index in [0.29, 0.717) is 44.7 Å². The Morgan fingerprint density at radius 2 is 1.91 bits per heavy atom. The second kappa shape index (κ2) is 11.0. The van der Waals surface area contributed by atoms with Crippen LogP contribution in [0, 0.1) is 5.41 Å². The lowest BCUT2D eigenvalue weighted by molar-refractivity contribution is -0.139. The number of aliphatic carboxylic acids is 1. The molecule has 7 N–H and O–H groups in total. The van der Waals surface area contributed by atoms with E-state index in [0.717, 1.165) is 0 Å². The van der Waals surface area contributed by atoms with Crippen molar-refractivity contribution in [1.82, 2.24) is 4.98 Å². The van der Waals surface area contributed by atoms with Gasteiger partial charge in [0.2, 0.25) is 0 Å². The Hall–Kier alpha value is -4.31. The van der Waals surface area contributed by atoms with E-state index in [9.17, 15) is 9.59 Å². The Labute approximate surface area is 200 Å². The summed E-state index contributed by atoms with van der Waals surface area (Å²) in [6, 6.07) is 13.1. The minimum atomic E-state index is -1.11. The number of carbonyl (C=O) groups is 2. The largest absolute Gasteiger partial charge is 0.479 e. The number of anilines is 3. The smallest absolute Gasteiger partial charge is 0.341 e. The maximum absolute atomic E-state index is 13.0. The van der Waals surface area contributed by atoms with Crippen LogP contribution in [0.1, 0.15) is 21.5 Å². The van der Waals surface area contributed by atoms with Gasteiger partial charge in [-0.25, -0.2) is 9.78 Å². The average molecular weight is 483 g/mol. The monoisotopic (exact) mass is 482 g/mol. The third-order valence-corrected chi connectivity index (χ3v) is 4.95. The van der Waals surface area contributed by atoms with Gasteiger partial charge >= 0.3 is 5.97 Å². The second-order valence-electron chi connectivity index (χ2n) is 7.07. The molecule has 3 rings (SSSR count). The van der Waals surface area contributed by atoms with Crippen molar-refractivity contribution in [2.45, 2.75) is 6.54 Å². The van der Waals surface area contributed by atoms with Gasteiger partial charge in [-0.1, -0.05) is 11.6 Å². The summed E-state index contributed by atoms with van der Waals surface area (Å²) in [4.78, 5) is 28.1. The molecule has 176 valence electrons. The van der Waals surface area contributed by atoms with Crippen LogP contribution < -0.4 is 26.4 Å². The summed E-state index contributed by atoms with van der Waals surface area (Å²) in [5, 5.41) is 25.7. The SMILES string of the molecule is CNc1nccc(CNc2ccc(Cl)cc2C(=O)Nc2ccc(C(=N)N)cc2)c1OCC(=O)O. The van der Waals surface area contributed by atoms with Crippen LogP contribution in [0.25, 0.3) is 0 Å². The van der Waals surface area contributed by atoms with Crippen LogP contribution in [0.3, 0.4) is 0 Å². The van der Waals surface area contributed by atoms with Gasteiger partial charge in [0.05, 0.1) is 5.56 Å². The summed E-state index contributed by atoms with van der Waals surface area (Å²) in [5.41, 5.74) is 7.99. The number of aromatic nitrogens is 1. The summed E-state index contributed by atoms with van der Waals surface area (Å²) in [6.45, 7) is -0.300. The molecule has 1 heterocycles. The van der Waals surface area contributed by atoms with Crippen LogP contribution in [0.2, 0.25) is 5.02 Å². The van der Waals surface area contributed by atoms with E-state index in [4.69, 9.17) is 32.6 Å². The molecule has 3 aromatic rings. The lowest BCUT2D eigenvalue weighted by Gasteiger charge is -2.16. The summed E-state index contributed by atoms with van der Waals surface area (Å²) < 4.78 is 5.42. The molecule has 10 nitrogen and oxygen atoms in total. The number of carbonyl (C=O) groups excluding carboxylic acids is 1. The fraction of sp³-hybridized carbons (Fsp3) is 0.130. The van der Waals surface area contributed by atoms with Crippen LogP contribution in [0.4, 0.5) is 17.2 Å². The molecule has 0 unspecified atom stereocenters. The van der Waals surface area contributed by atoms with Crippen LogP contribution in [0.5, 0.6) is 5.75 Å². The molecule has 0 saturated carbocycles. The quantitative estimate of drug-likeness (QED) is 0.189. The van der Waals surface area contributed by atoms with Gasteiger partial charge in [0.1, 0.15) is 5.84 Å². The number of benzene rings is 2. The van der Waals surface area contributed by atoms with Gasteiger partial charge in [-0.2, -0.15) is 0 Å². The standard InChI is InChI=1S/C23H23ClN6O4/c1-27-22-20(34-12-19(31)32)14(8-9-28-22)11-29-18-7-4-15(24)10-17(18)23(33)30-16-5-2-13(3-6-16)21(25)26/h2-10,29H,11-12H2,1H3,(H3,25,26)(H,27,28)(H,30,33)(H,31,32). The Kier molecular flexibility index (Phi) is 7.88. The van der Waals surface area contributed by atoms with Gasteiger partial charge in [-0.05, 0) is 48.5 Å². The van der Waals surface area contributed by atoms with Crippen molar-refractivity contribution in [3.63, 3.8) is 0 Å². The number of hydrogen-bond acceptors (Lipinski definition) is 7. The van der Waals surface area contributed by atoms with Crippen LogP contribution in [-0.2, 0) is 11.3 Å². The topological polar surface area (TPSA) is 162 Å². The van der Waals surface area contributed by atoms with E-state index in [1.54, 1.807) is 55.7 Å². The Bertz CT molecular complexity index is 1220. The van der Waals surface area contributed by atoms with Crippen molar-refractivity contribution in [2.75, 3.05) is 29.6 Å². The first kappa shape index (κ1) is 24.3. The van der Waals surface area contributed by atoms with Crippen molar-refractivity contribution in [1.29, 1.82) is 5.41 Å². The lowest BCUT2D eigenvalue weighted by Crippen LogP contribution is -2.16. The molecular formula is C23H23ClN6O4. The molecule has 0 radical (unpaired) electrons. The molecule has 0 spiro atoms. The minimum absolute atomic E-state index is 0.0663. The number of rotatable bonds is 10. The van der Waals surface area contributed by atoms with Gasteiger partial charge < -0.3 is 31.5 Å². The van der Waals surface area contributed by atoms with E-state index in [1.807, 2.05) is 0 Å². The fourth-order valence-corrected chi connectivity index (χ4v) is 3.25. The van der Waals surface area contributed by atoms with E-state index in [1.165, 1.54) is 6.07 Å². The molecule has 1 aromatic heterocycles. The number of nitrogens with two attached hydrogens (primary N) is 1. The summed E-state index contributed by atoms with van der Waals surface area (Å²) >= 11 is 6.13. The van der Waals surface area contributed by atoms with Gasteiger partial charge in [0.25, 0.3) is 5.91 Å². The lowest BCUT2D eigenvalue weighted by atomic mass is 10.1. The predicted octanol–water partition coefficient (Wildman–Crippen LogP) is 3.39. The number of ether oxygens (including phenoxy) is 1. The van der Waals surface area contributed by atoms with Crippen LogP contribution in [-0.4, -0.2) is 41.5 Å². The molecular weight excluding hydrogens is 460 g/mol. The zero-order chi connectivity index (χ0) is 24.7. The number of nitrogens with one attached hydrogen (secondary N) is 4. The third kappa shape index (κ3) is 6.14. The Balaban J connectivity index is 1.81. The number of carboxylic acid groups (broad SMARTS) is 1. The highest BCUT2D eigenvalue weighted by molar-refractivity contribution is 6.31. The van der Waals surface area contributed by atoms with E-state index >= 15 is 0 Å². The van der Waals surface area contributed by atoms with Crippen molar-refractivity contribution in [3.8, 4) is 5.75 Å². The van der Waals surface area contributed by atoms with E-state index in [2.05, 4.69) is 20.9 Å². The number of hydrogen-bond donors (Lipinski definition) is 6. The fourth-order valence-electron chi connectivity index (χ4n) is 3.08. The molecule has 0 bridgehead atoms. The molecule has 0 aliphatic carbocycles. The average Bonchev–Trinajstić information content (AvgIpc) is 2.82. The Morgan fingerprint density at radius 3 is 2.56 bits per heavy atom. The number of nitrogen functional groups attached to an aromatic ring is 1. The van der Waals surface area contributed by atoms with E-state index in [-0.39, 0.29) is 12.4 Å². The van der Waals surface area contributed by atoms with Crippen LogP contribution >= 0.6 is 11.6 Å². The molecule has 0 atom stereocenters. The van der Waals surface area contributed by atoms with Gasteiger partial charge in [-0.15, -0.1) is 0 Å². The van der Waals surface area contributed by atoms with Crippen molar-refractivity contribution >= 4 is 46.5 Å². The van der Waals surface area contributed by atoms with Gasteiger partial charge in [-0.3, -0.25) is 10.2 Å². The normalized spacial score (nSPS) is 10.3. The second-order valence-corrected chi connectivity index (χ2v) is 7.51. The molecule has 11 heteroatoms. The maximum atomic E-state index is 13.0. The van der Waals surface area contributed by atoms with Crippen molar-refractivity contribution in [2.24, 2.45) is 5.73 Å². The first-order valence-corrected chi connectivity index (χ1v) is 10.5.